The maximum absolute atomic E-state index is 14.6. The van der Waals surface area contributed by atoms with E-state index in [0.29, 0.717) is 30.9 Å². The van der Waals surface area contributed by atoms with Crippen LogP contribution in [0.4, 0.5) is 10.1 Å². The van der Waals surface area contributed by atoms with Crippen molar-refractivity contribution in [2.75, 3.05) is 38.1 Å². The highest BCUT2D eigenvalue weighted by atomic mass is 19.1. The Labute approximate surface area is 172 Å². The van der Waals surface area contributed by atoms with Crippen LogP contribution in [0.25, 0.3) is 0 Å². The maximum atomic E-state index is 14.6. The van der Waals surface area contributed by atoms with Crippen molar-refractivity contribution in [2.24, 2.45) is 10.7 Å². The fraction of sp³-hybridized carbons (Fsp3) is 0.375. The molecular formula is C24H29FN4. The normalized spacial score (nSPS) is 18.6. The molecule has 5 heteroatoms. The van der Waals surface area contributed by atoms with Gasteiger partial charge in [-0.3, -0.25) is 9.89 Å². The lowest BCUT2D eigenvalue weighted by Gasteiger charge is -2.29. The van der Waals surface area contributed by atoms with Crippen LogP contribution in [0.5, 0.6) is 0 Å². The Morgan fingerprint density at radius 2 is 1.83 bits per heavy atom. The molecule has 2 aromatic carbocycles. The fourth-order valence-corrected chi connectivity index (χ4v) is 4.21. The smallest absolute Gasteiger partial charge is 0.132 e. The molecule has 1 fully saturated rings. The number of piperidine rings is 1. The number of likely N-dealkylation sites (N-methyl/N-ethyl adjacent to an activating group) is 1. The second-order valence-corrected chi connectivity index (χ2v) is 8.04. The molecule has 0 saturated carbocycles. The summed E-state index contributed by atoms with van der Waals surface area (Å²) in [6.07, 6.45) is 3.82. The molecule has 0 aliphatic carbocycles. The lowest BCUT2D eigenvalue weighted by atomic mass is 10.0. The average Bonchev–Trinajstić information content (AvgIpc) is 3.08. The van der Waals surface area contributed by atoms with Crippen LogP contribution in [-0.4, -0.2) is 43.8 Å². The summed E-state index contributed by atoms with van der Waals surface area (Å²) in [5.74, 6) is -0.261. The zero-order chi connectivity index (χ0) is 20.2. The Balaban J connectivity index is 1.64. The third-order valence-electron chi connectivity index (χ3n) is 5.72. The van der Waals surface area contributed by atoms with E-state index in [1.165, 1.54) is 31.0 Å². The van der Waals surface area contributed by atoms with Crippen LogP contribution in [0.2, 0.25) is 0 Å². The number of nitrogens with zero attached hydrogens (tertiary/aromatic N) is 3. The highest BCUT2D eigenvalue weighted by Crippen LogP contribution is 2.23. The number of hydrogen-bond donors (Lipinski definition) is 1. The molecule has 2 aliphatic heterocycles. The van der Waals surface area contributed by atoms with Gasteiger partial charge < -0.3 is 10.6 Å². The van der Waals surface area contributed by atoms with Gasteiger partial charge >= 0.3 is 0 Å². The van der Waals surface area contributed by atoms with Gasteiger partial charge in [0.25, 0.3) is 0 Å². The molecule has 2 aliphatic rings. The number of nitrogens with two attached hydrogens (primary N) is 1. The molecular weight excluding hydrogens is 363 g/mol. The summed E-state index contributed by atoms with van der Waals surface area (Å²) >= 11 is 0. The van der Waals surface area contributed by atoms with Crippen LogP contribution in [0, 0.1) is 5.82 Å². The van der Waals surface area contributed by atoms with E-state index in [1.54, 1.807) is 12.1 Å². The van der Waals surface area contributed by atoms with Crippen molar-refractivity contribution >= 4 is 11.4 Å². The van der Waals surface area contributed by atoms with E-state index in [-0.39, 0.29) is 5.82 Å². The van der Waals surface area contributed by atoms with Crippen LogP contribution < -0.4 is 10.6 Å². The van der Waals surface area contributed by atoms with Gasteiger partial charge in [-0.05, 0) is 56.1 Å². The van der Waals surface area contributed by atoms with Crippen molar-refractivity contribution < 1.29 is 4.39 Å². The third-order valence-corrected chi connectivity index (χ3v) is 5.72. The molecule has 152 valence electrons. The Hall–Kier alpha value is -2.66. The molecule has 2 heterocycles. The van der Waals surface area contributed by atoms with E-state index in [4.69, 9.17) is 10.7 Å². The minimum Gasteiger partial charge on any atom is -0.401 e. The molecule has 0 atom stereocenters. The summed E-state index contributed by atoms with van der Waals surface area (Å²) in [6.45, 7) is 4.11. The molecule has 0 aromatic heterocycles. The summed E-state index contributed by atoms with van der Waals surface area (Å²) < 4.78 is 14.6. The van der Waals surface area contributed by atoms with E-state index in [2.05, 4.69) is 34.1 Å². The molecule has 0 amide bonds. The van der Waals surface area contributed by atoms with Gasteiger partial charge in [-0.2, -0.15) is 0 Å². The van der Waals surface area contributed by atoms with Gasteiger partial charge in [-0.15, -0.1) is 0 Å². The Morgan fingerprint density at radius 3 is 2.55 bits per heavy atom. The monoisotopic (exact) mass is 392 g/mol. The van der Waals surface area contributed by atoms with Gasteiger partial charge in [0.05, 0.1) is 12.3 Å². The van der Waals surface area contributed by atoms with Gasteiger partial charge in [-0.1, -0.05) is 24.3 Å². The van der Waals surface area contributed by atoms with E-state index >= 15 is 0 Å². The molecule has 0 spiro atoms. The van der Waals surface area contributed by atoms with Crippen molar-refractivity contribution in [1.82, 2.24) is 4.90 Å². The zero-order valence-electron chi connectivity index (χ0n) is 17.1. The van der Waals surface area contributed by atoms with Gasteiger partial charge in [-0.25, -0.2) is 4.39 Å². The third kappa shape index (κ3) is 4.51. The average molecular weight is 393 g/mol. The van der Waals surface area contributed by atoms with E-state index in [0.717, 1.165) is 29.9 Å². The van der Waals surface area contributed by atoms with E-state index in [9.17, 15) is 4.39 Å². The van der Waals surface area contributed by atoms with Crippen molar-refractivity contribution in [3.63, 3.8) is 0 Å². The lowest BCUT2D eigenvalue weighted by molar-refractivity contribution is 0.426. The molecule has 29 heavy (non-hydrogen) atoms. The summed E-state index contributed by atoms with van der Waals surface area (Å²) in [5, 5.41) is 0. The Morgan fingerprint density at radius 1 is 1.03 bits per heavy atom. The summed E-state index contributed by atoms with van der Waals surface area (Å²) in [6, 6.07) is 15.4. The maximum Gasteiger partial charge on any atom is 0.132 e. The summed E-state index contributed by atoms with van der Waals surface area (Å²) in [5.41, 5.74) is 11.6. The Bertz CT molecular complexity index is 928. The predicted octanol–water partition coefficient (Wildman–Crippen LogP) is 3.96. The zero-order valence-corrected chi connectivity index (χ0v) is 17.1. The van der Waals surface area contributed by atoms with Crippen LogP contribution in [0.3, 0.4) is 0 Å². The molecule has 0 bridgehead atoms. The lowest BCUT2D eigenvalue weighted by Crippen LogP contribution is -2.29. The van der Waals surface area contributed by atoms with Gasteiger partial charge in [0.15, 0.2) is 0 Å². The Kier molecular flexibility index (Phi) is 5.95. The summed E-state index contributed by atoms with van der Waals surface area (Å²) in [7, 11) is 2.01. The minimum atomic E-state index is -0.261. The second-order valence-electron chi connectivity index (χ2n) is 8.04. The van der Waals surface area contributed by atoms with E-state index < -0.39 is 0 Å². The van der Waals surface area contributed by atoms with Crippen molar-refractivity contribution in [2.45, 2.75) is 25.8 Å². The van der Waals surface area contributed by atoms with Gasteiger partial charge in [0.1, 0.15) is 5.82 Å². The first-order valence-electron chi connectivity index (χ1n) is 10.4. The largest absolute Gasteiger partial charge is 0.401 e. The summed E-state index contributed by atoms with van der Waals surface area (Å²) in [4.78, 5) is 9.44. The number of anilines is 1. The van der Waals surface area contributed by atoms with Crippen LogP contribution in [0.1, 0.15) is 30.4 Å². The van der Waals surface area contributed by atoms with Crippen LogP contribution in [-0.2, 0) is 6.54 Å². The minimum absolute atomic E-state index is 0.261. The number of aliphatic imine (C=N–C) groups is 1. The van der Waals surface area contributed by atoms with Crippen molar-refractivity contribution in [3.05, 3.63) is 76.7 Å². The van der Waals surface area contributed by atoms with Crippen molar-refractivity contribution in [1.29, 1.82) is 0 Å². The van der Waals surface area contributed by atoms with Gasteiger partial charge in [0, 0.05) is 48.7 Å². The number of hydrogen-bond acceptors (Lipinski definition) is 4. The predicted molar refractivity (Wildman–Crippen MR) is 118 cm³/mol. The quantitative estimate of drug-likeness (QED) is 0.784. The fourth-order valence-electron chi connectivity index (χ4n) is 4.21. The highest BCUT2D eigenvalue weighted by molar-refractivity contribution is 6.13. The first-order chi connectivity index (χ1) is 14.1. The molecule has 0 unspecified atom stereocenters. The van der Waals surface area contributed by atoms with E-state index in [1.807, 2.05) is 13.1 Å². The molecule has 4 nitrogen and oxygen atoms in total. The standard InChI is InChI=1S/C24H29FN4/c1-28-16-21(23(26)17-28)24(20-10-3-4-11-22(20)25)27-15-18-8-7-9-19(14-18)29-12-5-2-6-13-29/h3-4,7-11,14H,2,5-6,12-13,15-17,26H2,1H3. The number of benzene rings is 2. The number of rotatable bonds is 5. The van der Waals surface area contributed by atoms with Gasteiger partial charge in [0.2, 0.25) is 0 Å². The highest BCUT2D eigenvalue weighted by Gasteiger charge is 2.23. The first-order valence-corrected chi connectivity index (χ1v) is 10.4. The molecule has 1 saturated heterocycles. The van der Waals surface area contributed by atoms with Crippen LogP contribution in [0.15, 0.2) is 64.8 Å². The molecule has 0 radical (unpaired) electrons. The topological polar surface area (TPSA) is 44.9 Å². The SMILES string of the molecule is CN1CC(N)=C(C(=NCc2cccc(N3CCCCC3)c2)c2ccccc2F)C1. The molecule has 4 rings (SSSR count). The number of halogens is 1. The van der Waals surface area contributed by atoms with Crippen molar-refractivity contribution in [3.8, 4) is 0 Å². The second kappa shape index (κ2) is 8.78. The first kappa shape index (κ1) is 19.6. The molecule has 2 aromatic rings. The molecule has 2 N–H and O–H groups in total. The van der Waals surface area contributed by atoms with Crippen LogP contribution >= 0.6 is 0 Å².